The zero-order valence-electron chi connectivity index (χ0n) is 16.0. The number of para-hydroxylation sites is 1. The van der Waals surface area contributed by atoms with Gasteiger partial charge in [-0.1, -0.05) is 54.6 Å². The van der Waals surface area contributed by atoms with Crippen LogP contribution in [0.15, 0.2) is 78.9 Å². The lowest BCUT2D eigenvalue weighted by Crippen LogP contribution is -2.18. The summed E-state index contributed by atoms with van der Waals surface area (Å²) in [6.07, 6.45) is 0. The predicted molar refractivity (Wildman–Crippen MR) is 110 cm³/mol. The number of rotatable bonds is 9. The van der Waals surface area contributed by atoms with Gasteiger partial charge < -0.3 is 14.8 Å². The number of aryl methyl sites for hydroxylation is 1. The average Bonchev–Trinajstić information content (AvgIpc) is 2.72. The van der Waals surface area contributed by atoms with Crippen molar-refractivity contribution in [2.75, 3.05) is 13.2 Å². The quantitative estimate of drug-likeness (QED) is 0.524. The Hall–Kier alpha value is -2.78. The van der Waals surface area contributed by atoms with Gasteiger partial charge in [-0.25, -0.2) is 0 Å². The topological polar surface area (TPSA) is 30.5 Å². The van der Waals surface area contributed by atoms with Crippen molar-refractivity contribution in [3.8, 4) is 11.5 Å². The van der Waals surface area contributed by atoms with Crippen LogP contribution in [0.2, 0.25) is 0 Å². The normalized spacial score (nSPS) is 11.8. The minimum atomic E-state index is 0.278. The van der Waals surface area contributed by atoms with Gasteiger partial charge in [0.1, 0.15) is 24.7 Å². The van der Waals surface area contributed by atoms with Crippen molar-refractivity contribution < 1.29 is 9.47 Å². The molecule has 0 spiro atoms. The van der Waals surface area contributed by atoms with E-state index in [0.29, 0.717) is 13.2 Å². The minimum Gasteiger partial charge on any atom is -0.490 e. The molecule has 3 aromatic rings. The van der Waals surface area contributed by atoms with Crippen molar-refractivity contribution in [1.29, 1.82) is 0 Å². The first-order chi connectivity index (χ1) is 13.2. The molecule has 1 N–H and O–H groups in total. The molecule has 27 heavy (non-hydrogen) atoms. The van der Waals surface area contributed by atoms with Crippen LogP contribution >= 0.6 is 0 Å². The van der Waals surface area contributed by atoms with Gasteiger partial charge in [-0.15, -0.1) is 0 Å². The highest BCUT2D eigenvalue weighted by molar-refractivity contribution is 5.30. The summed E-state index contributed by atoms with van der Waals surface area (Å²) >= 11 is 0. The van der Waals surface area contributed by atoms with Crippen molar-refractivity contribution in [3.05, 3.63) is 95.6 Å². The van der Waals surface area contributed by atoms with Gasteiger partial charge in [0.15, 0.2) is 0 Å². The van der Waals surface area contributed by atoms with Crippen LogP contribution in [0.1, 0.15) is 29.7 Å². The molecule has 140 valence electrons. The molecule has 0 heterocycles. The van der Waals surface area contributed by atoms with Crippen molar-refractivity contribution in [2.24, 2.45) is 0 Å². The van der Waals surface area contributed by atoms with E-state index >= 15 is 0 Å². The zero-order valence-corrected chi connectivity index (χ0v) is 16.0. The average molecular weight is 361 g/mol. The third-order valence-electron chi connectivity index (χ3n) is 4.60. The Morgan fingerprint density at radius 2 is 1.33 bits per heavy atom. The minimum absolute atomic E-state index is 0.278. The van der Waals surface area contributed by atoms with Crippen LogP contribution in [0.5, 0.6) is 11.5 Å². The van der Waals surface area contributed by atoms with Gasteiger partial charge in [0.05, 0.1) is 0 Å². The number of ether oxygens (including phenoxy) is 2. The molecule has 0 aliphatic carbocycles. The molecule has 0 saturated heterocycles. The van der Waals surface area contributed by atoms with Crippen molar-refractivity contribution in [1.82, 2.24) is 5.32 Å². The molecular weight excluding hydrogens is 334 g/mol. The van der Waals surface area contributed by atoms with E-state index in [4.69, 9.17) is 9.47 Å². The second-order valence-corrected chi connectivity index (χ2v) is 6.61. The van der Waals surface area contributed by atoms with Crippen LogP contribution in [-0.2, 0) is 6.54 Å². The predicted octanol–water partition coefficient (Wildman–Crippen LogP) is 5.30. The highest BCUT2D eigenvalue weighted by Gasteiger charge is 2.06. The van der Waals surface area contributed by atoms with Crippen LogP contribution in [0.3, 0.4) is 0 Å². The standard InChI is InChI=1S/C24H27NO2/c1-19-8-6-7-9-22(19)18-25-20(2)21-12-14-24(15-13-21)27-17-16-26-23-10-4-3-5-11-23/h3-15,20,25H,16-18H2,1-2H3. The van der Waals surface area contributed by atoms with E-state index in [0.717, 1.165) is 18.0 Å². The van der Waals surface area contributed by atoms with Gasteiger partial charge in [0.25, 0.3) is 0 Å². The van der Waals surface area contributed by atoms with Gasteiger partial charge in [0, 0.05) is 12.6 Å². The molecule has 0 aliphatic rings. The molecule has 3 rings (SSSR count). The van der Waals surface area contributed by atoms with E-state index in [1.165, 1.54) is 16.7 Å². The Kier molecular flexibility index (Phi) is 6.89. The van der Waals surface area contributed by atoms with Crippen LogP contribution in [0.4, 0.5) is 0 Å². The fraction of sp³-hybridized carbons (Fsp3) is 0.250. The Labute approximate surface area is 162 Å². The Balaban J connectivity index is 1.43. The Bertz CT molecular complexity index is 815. The molecule has 3 heteroatoms. The summed E-state index contributed by atoms with van der Waals surface area (Å²) in [4.78, 5) is 0. The van der Waals surface area contributed by atoms with Crippen LogP contribution < -0.4 is 14.8 Å². The van der Waals surface area contributed by atoms with E-state index in [2.05, 4.69) is 55.6 Å². The van der Waals surface area contributed by atoms with Crippen molar-refractivity contribution in [2.45, 2.75) is 26.4 Å². The van der Waals surface area contributed by atoms with E-state index in [-0.39, 0.29) is 6.04 Å². The maximum atomic E-state index is 5.76. The number of benzene rings is 3. The molecule has 0 aromatic heterocycles. The van der Waals surface area contributed by atoms with E-state index in [9.17, 15) is 0 Å². The fourth-order valence-corrected chi connectivity index (χ4v) is 2.88. The van der Waals surface area contributed by atoms with Gasteiger partial charge in [-0.3, -0.25) is 0 Å². The monoisotopic (exact) mass is 361 g/mol. The number of hydrogen-bond acceptors (Lipinski definition) is 3. The molecule has 3 aromatic carbocycles. The Morgan fingerprint density at radius 3 is 2.00 bits per heavy atom. The molecule has 0 amide bonds. The first kappa shape index (κ1) is 19.0. The molecule has 1 unspecified atom stereocenters. The number of nitrogens with one attached hydrogen (secondary N) is 1. The summed E-state index contributed by atoms with van der Waals surface area (Å²) in [5.74, 6) is 1.73. The molecular formula is C24H27NO2. The second kappa shape index (κ2) is 9.79. The summed E-state index contributed by atoms with van der Waals surface area (Å²) in [5.41, 5.74) is 3.90. The van der Waals surface area contributed by atoms with Crippen LogP contribution in [-0.4, -0.2) is 13.2 Å². The van der Waals surface area contributed by atoms with Gasteiger partial charge in [-0.2, -0.15) is 0 Å². The lowest BCUT2D eigenvalue weighted by molar-refractivity contribution is 0.217. The fourth-order valence-electron chi connectivity index (χ4n) is 2.88. The highest BCUT2D eigenvalue weighted by Crippen LogP contribution is 2.19. The van der Waals surface area contributed by atoms with Crippen molar-refractivity contribution in [3.63, 3.8) is 0 Å². The molecule has 1 atom stereocenters. The first-order valence-corrected chi connectivity index (χ1v) is 9.41. The Morgan fingerprint density at radius 1 is 0.741 bits per heavy atom. The van der Waals surface area contributed by atoms with Crippen LogP contribution in [0.25, 0.3) is 0 Å². The van der Waals surface area contributed by atoms with E-state index < -0.39 is 0 Å². The zero-order chi connectivity index (χ0) is 18.9. The highest BCUT2D eigenvalue weighted by atomic mass is 16.5. The third kappa shape index (κ3) is 5.87. The molecule has 0 aliphatic heterocycles. The summed E-state index contributed by atoms with van der Waals surface area (Å²) in [6, 6.07) is 26.8. The summed E-state index contributed by atoms with van der Waals surface area (Å²) in [7, 11) is 0. The van der Waals surface area contributed by atoms with E-state index in [1.807, 2.05) is 42.5 Å². The molecule has 0 saturated carbocycles. The summed E-state index contributed by atoms with van der Waals surface area (Å²) in [5, 5.41) is 3.59. The van der Waals surface area contributed by atoms with Gasteiger partial charge in [-0.05, 0) is 54.8 Å². The maximum Gasteiger partial charge on any atom is 0.122 e. The van der Waals surface area contributed by atoms with Crippen LogP contribution in [0, 0.1) is 6.92 Å². The van der Waals surface area contributed by atoms with E-state index in [1.54, 1.807) is 0 Å². The largest absolute Gasteiger partial charge is 0.490 e. The lowest BCUT2D eigenvalue weighted by Gasteiger charge is -2.16. The number of hydrogen-bond donors (Lipinski definition) is 1. The van der Waals surface area contributed by atoms with Crippen molar-refractivity contribution >= 4 is 0 Å². The second-order valence-electron chi connectivity index (χ2n) is 6.61. The molecule has 0 radical (unpaired) electrons. The smallest absolute Gasteiger partial charge is 0.122 e. The summed E-state index contributed by atoms with van der Waals surface area (Å²) < 4.78 is 11.4. The SMILES string of the molecule is Cc1ccccc1CNC(C)c1ccc(OCCOc2ccccc2)cc1. The lowest BCUT2D eigenvalue weighted by atomic mass is 10.1. The van der Waals surface area contributed by atoms with Gasteiger partial charge in [0.2, 0.25) is 0 Å². The molecule has 0 bridgehead atoms. The van der Waals surface area contributed by atoms with Gasteiger partial charge >= 0.3 is 0 Å². The molecule has 3 nitrogen and oxygen atoms in total. The maximum absolute atomic E-state index is 5.76. The first-order valence-electron chi connectivity index (χ1n) is 9.41. The molecule has 0 fully saturated rings. The third-order valence-corrected chi connectivity index (χ3v) is 4.60. The summed E-state index contributed by atoms with van der Waals surface area (Å²) in [6.45, 7) is 6.25.